The zero-order valence-electron chi connectivity index (χ0n) is 36.2. The number of rotatable bonds is 21. The second-order valence-electron chi connectivity index (χ2n) is 14.9. The first-order valence-corrected chi connectivity index (χ1v) is 21.5. The van der Waals surface area contributed by atoms with Crippen LogP contribution < -0.4 is 25.1 Å². The SMILES string of the molecule is COc1cc(OC)cc(C(OC(=O)OC[C@H]2O[C@@H](n3cnc4c(=O)[nH]c(NC(=O)COc5ccccc5)nc43)C[C@@H]2OP(OCCC#N)N(C(C)C)C(C)C)C(=O)c2ccccc2)c1. The van der Waals surface area contributed by atoms with Crippen molar-refractivity contribution in [3.05, 3.63) is 107 Å². The quantitative estimate of drug-likeness (QED) is 0.0331. The smallest absolute Gasteiger partial charge is 0.497 e. The van der Waals surface area contributed by atoms with Gasteiger partial charge in [-0.2, -0.15) is 10.2 Å². The molecule has 5 aromatic rings. The van der Waals surface area contributed by atoms with Crippen molar-refractivity contribution in [1.29, 1.82) is 5.26 Å². The van der Waals surface area contributed by atoms with Crippen molar-refractivity contribution in [2.24, 2.45) is 0 Å². The molecule has 0 spiro atoms. The maximum absolute atomic E-state index is 13.9. The van der Waals surface area contributed by atoms with Crippen LogP contribution in [0.4, 0.5) is 10.7 Å². The molecule has 2 N–H and O–H groups in total. The summed E-state index contributed by atoms with van der Waals surface area (Å²) in [4.78, 5) is 64.9. The van der Waals surface area contributed by atoms with Crippen molar-refractivity contribution in [2.75, 3.05) is 39.4 Å². The highest BCUT2D eigenvalue weighted by Crippen LogP contribution is 2.50. The van der Waals surface area contributed by atoms with E-state index in [1.54, 1.807) is 72.8 Å². The van der Waals surface area contributed by atoms with E-state index in [1.807, 2.05) is 38.4 Å². The molecule has 3 heterocycles. The molecule has 0 radical (unpaired) electrons. The number of hydrogen-bond donors (Lipinski definition) is 2. The number of Topliss-reactive ketones (excluding diaryl/α,β-unsaturated/α-hetero) is 1. The summed E-state index contributed by atoms with van der Waals surface area (Å²) in [6.45, 7) is 7.30. The van der Waals surface area contributed by atoms with Gasteiger partial charge in [0.1, 0.15) is 36.2 Å². The lowest BCUT2D eigenvalue weighted by atomic mass is 9.99. The van der Waals surface area contributed by atoms with E-state index in [4.69, 9.17) is 37.5 Å². The van der Waals surface area contributed by atoms with Crippen LogP contribution in [0.1, 0.15) is 68.8 Å². The first-order valence-electron chi connectivity index (χ1n) is 20.4. The van der Waals surface area contributed by atoms with Crippen LogP contribution in [0, 0.1) is 11.3 Å². The van der Waals surface area contributed by atoms with Crippen molar-refractivity contribution in [3.63, 3.8) is 0 Å². The lowest BCUT2D eigenvalue weighted by Gasteiger charge is -2.37. The van der Waals surface area contributed by atoms with Gasteiger partial charge < -0.3 is 37.5 Å². The number of benzene rings is 3. The summed E-state index contributed by atoms with van der Waals surface area (Å²) in [6, 6.07) is 23.8. The molecule has 1 aliphatic rings. The molecule has 2 unspecified atom stereocenters. The number of para-hydroxylation sites is 1. The number of aromatic nitrogens is 4. The van der Waals surface area contributed by atoms with E-state index < -0.39 is 63.1 Å². The summed E-state index contributed by atoms with van der Waals surface area (Å²) in [5, 5.41) is 11.9. The van der Waals surface area contributed by atoms with Gasteiger partial charge in [0.15, 0.2) is 23.9 Å². The van der Waals surface area contributed by atoms with Crippen LogP contribution in [0.25, 0.3) is 11.2 Å². The lowest BCUT2D eigenvalue weighted by molar-refractivity contribution is -0.118. The third-order valence-corrected chi connectivity index (χ3v) is 11.9. The summed E-state index contributed by atoms with van der Waals surface area (Å²) in [5.74, 6) is -0.0401. The number of nitriles is 1. The van der Waals surface area contributed by atoms with Gasteiger partial charge in [-0.05, 0) is 52.0 Å². The number of nitrogens with one attached hydrogen (secondary N) is 2. The van der Waals surface area contributed by atoms with Crippen molar-refractivity contribution < 1.29 is 51.9 Å². The normalized spacial score (nSPS) is 16.9. The molecule has 5 atom stereocenters. The molecule has 1 saturated heterocycles. The number of anilines is 1. The van der Waals surface area contributed by atoms with Crippen LogP contribution in [0.3, 0.4) is 0 Å². The van der Waals surface area contributed by atoms with Crippen LogP contribution in [-0.4, -0.2) is 100 Å². The monoisotopic (exact) mass is 899 g/mol. The molecular weight excluding hydrogens is 849 g/mol. The van der Waals surface area contributed by atoms with Gasteiger partial charge in [0.05, 0.1) is 45.7 Å². The third-order valence-electron chi connectivity index (χ3n) is 9.73. The minimum Gasteiger partial charge on any atom is -0.497 e. The number of ether oxygens (including phenoxy) is 6. The fraction of sp³-hybridized carbons (Fsp3) is 0.386. The number of methoxy groups -OCH3 is 2. The number of aromatic amines is 1. The van der Waals surface area contributed by atoms with E-state index >= 15 is 0 Å². The van der Waals surface area contributed by atoms with Gasteiger partial charge in [0.25, 0.3) is 20.0 Å². The molecule has 20 heteroatoms. The maximum Gasteiger partial charge on any atom is 0.509 e. The summed E-state index contributed by atoms with van der Waals surface area (Å²) in [7, 11) is 1.10. The number of fused-ring (bicyclic) bond motifs is 1. The summed E-state index contributed by atoms with van der Waals surface area (Å²) in [5.41, 5.74) is -0.00731. The van der Waals surface area contributed by atoms with Gasteiger partial charge in [-0.25, -0.2) is 14.4 Å². The highest BCUT2D eigenvalue weighted by Gasteiger charge is 2.43. The Bertz CT molecular complexity index is 2430. The second-order valence-corrected chi connectivity index (χ2v) is 16.3. The molecule has 1 aliphatic heterocycles. The molecule has 1 amide bonds. The topological polar surface area (TPSA) is 228 Å². The molecule has 3 aromatic carbocycles. The minimum absolute atomic E-state index is 0.0287. The average Bonchev–Trinajstić information content (AvgIpc) is 3.90. The largest absolute Gasteiger partial charge is 0.509 e. The van der Waals surface area contributed by atoms with Crippen molar-refractivity contribution in [1.82, 2.24) is 24.2 Å². The Morgan fingerprint density at radius 2 is 1.66 bits per heavy atom. The van der Waals surface area contributed by atoms with Gasteiger partial charge in [-0.15, -0.1) is 0 Å². The van der Waals surface area contributed by atoms with Crippen LogP contribution in [-0.2, 0) is 28.1 Å². The standard InChI is InChI=1S/C44H50N7O12P/c1-27(2)51(28(3)4)64(60-19-13-18-45)63-34-23-37(50-26-46-38-41(50)48-43(49-42(38)54)47-36(52)25-58-31-16-11-8-12-17-31)61-35(34)24-59-44(55)62-40(39(53)29-14-9-7-10-15-29)30-20-32(56-5)22-33(21-30)57-6/h7-12,14-17,20-22,26-28,34-35,37,40H,13,19,23-25H2,1-6H3,(H2,47,48,49,52,54)/t34-,35+,37+,40?,64?/m0/s1. The van der Waals surface area contributed by atoms with E-state index in [0.717, 1.165) is 0 Å². The molecule has 19 nitrogen and oxygen atoms in total. The Hall–Kier alpha value is -6.42. The first kappa shape index (κ1) is 47.1. The molecule has 64 heavy (non-hydrogen) atoms. The van der Waals surface area contributed by atoms with Gasteiger partial charge >= 0.3 is 6.16 Å². The Balaban J connectivity index is 1.27. The second kappa shape index (κ2) is 22.3. The molecule has 0 aliphatic carbocycles. The van der Waals surface area contributed by atoms with Gasteiger partial charge in [0.2, 0.25) is 11.7 Å². The fourth-order valence-corrected chi connectivity index (χ4v) is 8.62. The van der Waals surface area contributed by atoms with Gasteiger partial charge in [0, 0.05) is 35.7 Å². The van der Waals surface area contributed by atoms with Crippen LogP contribution in [0.5, 0.6) is 17.2 Å². The molecule has 2 aromatic heterocycles. The zero-order chi connectivity index (χ0) is 45.8. The van der Waals surface area contributed by atoms with E-state index in [0.29, 0.717) is 17.2 Å². The lowest BCUT2D eigenvalue weighted by Crippen LogP contribution is -2.37. The van der Waals surface area contributed by atoms with Crippen LogP contribution in [0.15, 0.2) is 90.0 Å². The van der Waals surface area contributed by atoms with E-state index in [9.17, 15) is 24.4 Å². The van der Waals surface area contributed by atoms with Crippen molar-refractivity contribution in [3.8, 4) is 23.3 Å². The molecule has 0 bridgehead atoms. The van der Waals surface area contributed by atoms with Gasteiger partial charge in [-0.3, -0.25) is 29.3 Å². The highest BCUT2D eigenvalue weighted by atomic mass is 31.2. The molecule has 1 fully saturated rings. The fourth-order valence-electron chi connectivity index (χ4n) is 6.86. The van der Waals surface area contributed by atoms with Crippen molar-refractivity contribution >= 4 is 43.5 Å². The minimum atomic E-state index is -1.81. The number of nitrogens with zero attached hydrogens (tertiary/aromatic N) is 5. The number of carbonyl (C=O) groups excluding carboxylic acids is 3. The van der Waals surface area contributed by atoms with Crippen LogP contribution >= 0.6 is 8.53 Å². The Morgan fingerprint density at radius 3 is 2.30 bits per heavy atom. The third kappa shape index (κ3) is 12.0. The summed E-state index contributed by atoms with van der Waals surface area (Å²) in [6.07, 6.45) is -3.71. The number of carbonyl (C=O) groups is 3. The summed E-state index contributed by atoms with van der Waals surface area (Å²) >= 11 is 0. The molecule has 338 valence electrons. The number of hydrogen-bond acceptors (Lipinski definition) is 16. The van der Waals surface area contributed by atoms with Gasteiger partial charge in [-0.1, -0.05) is 48.5 Å². The van der Waals surface area contributed by atoms with E-state index in [-0.39, 0.29) is 66.4 Å². The Morgan fingerprint density at radius 1 is 0.984 bits per heavy atom. The molecule has 6 rings (SSSR count). The number of amides is 1. The number of H-pyrrole nitrogens is 1. The number of ketones is 1. The number of imidazole rings is 1. The van der Waals surface area contributed by atoms with Crippen molar-refractivity contribution in [2.45, 2.75) is 77.2 Å². The average molecular weight is 900 g/mol. The maximum atomic E-state index is 13.9. The Labute approximate surface area is 370 Å². The molecular formula is C44H50N7O12P. The zero-order valence-corrected chi connectivity index (χ0v) is 37.1. The predicted molar refractivity (Wildman–Crippen MR) is 233 cm³/mol. The Kier molecular flexibility index (Phi) is 16.4. The summed E-state index contributed by atoms with van der Waals surface area (Å²) < 4.78 is 50.8. The first-order chi connectivity index (χ1) is 30.9. The van der Waals surface area contributed by atoms with Crippen LogP contribution in [0.2, 0.25) is 0 Å². The highest BCUT2D eigenvalue weighted by molar-refractivity contribution is 7.44. The predicted octanol–water partition coefficient (Wildman–Crippen LogP) is 6.88. The van der Waals surface area contributed by atoms with E-state index in [2.05, 4.69) is 26.3 Å². The molecule has 0 saturated carbocycles. The van der Waals surface area contributed by atoms with E-state index in [1.165, 1.54) is 25.1 Å².